The zero-order chi connectivity index (χ0) is 20.4. The number of carbonyl (C=O) groups is 1. The highest BCUT2D eigenvalue weighted by atomic mass is 32.1. The molecule has 0 unspecified atom stereocenters. The van der Waals surface area contributed by atoms with Gasteiger partial charge in [-0.2, -0.15) is 0 Å². The molecule has 0 atom stereocenters. The Morgan fingerprint density at radius 1 is 1.21 bits per heavy atom. The second kappa shape index (κ2) is 8.34. The molecule has 152 valence electrons. The molecular weight excluding hydrogens is 386 g/mol. The van der Waals surface area contributed by atoms with Gasteiger partial charge in [-0.05, 0) is 38.6 Å². The Morgan fingerprint density at radius 3 is 2.72 bits per heavy atom. The second-order valence-corrected chi connectivity index (χ2v) is 8.11. The van der Waals surface area contributed by atoms with Crippen molar-refractivity contribution in [1.29, 1.82) is 0 Å². The molecule has 1 fully saturated rings. The number of nitrogens with zero attached hydrogens (tertiary/aromatic N) is 4. The topological polar surface area (TPSA) is 70.6 Å². The van der Waals surface area contributed by atoms with Crippen LogP contribution < -0.4 is 15.0 Å². The maximum atomic E-state index is 13.1. The molecule has 1 saturated heterocycles. The van der Waals surface area contributed by atoms with Gasteiger partial charge in [0.2, 0.25) is 0 Å². The van der Waals surface area contributed by atoms with Gasteiger partial charge in [0.15, 0.2) is 0 Å². The van der Waals surface area contributed by atoms with Gasteiger partial charge in [0.25, 0.3) is 5.91 Å². The second-order valence-electron chi connectivity index (χ2n) is 7.11. The molecule has 1 aliphatic rings. The van der Waals surface area contributed by atoms with Gasteiger partial charge < -0.3 is 19.9 Å². The molecule has 7 nitrogen and oxygen atoms in total. The average molecular weight is 412 g/mol. The number of aromatic nitrogens is 2. The number of anilines is 2. The lowest BCUT2D eigenvalue weighted by molar-refractivity contribution is 0.102. The third-order valence-corrected chi connectivity index (χ3v) is 6.35. The van der Waals surface area contributed by atoms with Crippen LogP contribution in [0.2, 0.25) is 0 Å². The summed E-state index contributed by atoms with van der Waals surface area (Å²) in [5.41, 5.74) is 1.59. The van der Waals surface area contributed by atoms with Gasteiger partial charge in [0.1, 0.15) is 22.7 Å². The number of piperazine rings is 1. The minimum Gasteiger partial charge on any atom is -0.492 e. The van der Waals surface area contributed by atoms with E-state index < -0.39 is 0 Å². The Morgan fingerprint density at radius 2 is 1.97 bits per heavy atom. The van der Waals surface area contributed by atoms with E-state index in [4.69, 9.17) is 4.74 Å². The number of thiophene rings is 1. The van der Waals surface area contributed by atoms with Crippen LogP contribution >= 0.6 is 11.3 Å². The molecule has 0 spiro atoms. The number of hydrogen-bond acceptors (Lipinski definition) is 7. The Labute approximate surface area is 174 Å². The third-order valence-electron chi connectivity index (χ3n) is 5.15. The summed E-state index contributed by atoms with van der Waals surface area (Å²) >= 11 is 1.41. The first-order valence-electron chi connectivity index (χ1n) is 9.79. The van der Waals surface area contributed by atoms with Crippen LogP contribution in [0.3, 0.4) is 0 Å². The van der Waals surface area contributed by atoms with Crippen LogP contribution in [0.4, 0.5) is 11.5 Å². The lowest BCUT2D eigenvalue weighted by Crippen LogP contribution is -2.44. The number of likely N-dealkylation sites (N-methyl/N-ethyl adjacent to an activating group) is 1. The molecule has 4 rings (SSSR count). The average Bonchev–Trinajstić information content (AvgIpc) is 3.07. The predicted molar refractivity (Wildman–Crippen MR) is 117 cm³/mol. The van der Waals surface area contributed by atoms with Crippen LogP contribution in [0.25, 0.3) is 10.2 Å². The van der Waals surface area contributed by atoms with Crippen molar-refractivity contribution in [2.24, 2.45) is 0 Å². The van der Waals surface area contributed by atoms with Crippen LogP contribution in [0, 0.1) is 6.92 Å². The van der Waals surface area contributed by atoms with E-state index in [1.807, 2.05) is 38.1 Å². The van der Waals surface area contributed by atoms with Gasteiger partial charge in [-0.15, -0.1) is 11.3 Å². The van der Waals surface area contributed by atoms with Crippen molar-refractivity contribution in [3.05, 3.63) is 41.0 Å². The number of benzene rings is 1. The molecule has 8 heteroatoms. The number of amides is 1. The zero-order valence-electron chi connectivity index (χ0n) is 16.9. The van der Waals surface area contributed by atoms with E-state index >= 15 is 0 Å². The number of ether oxygens (including phenoxy) is 1. The van der Waals surface area contributed by atoms with Crippen molar-refractivity contribution in [3.63, 3.8) is 0 Å². The molecule has 29 heavy (non-hydrogen) atoms. The highest BCUT2D eigenvalue weighted by Gasteiger charge is 2.24. The lowest BCUT2D eigenvalue weighted by atomic mass is 10.1. The van der Waals surface area contributed by atoms with Crippen LogP contribution in [-0.2, 0) is 0 Å². The lowest BCUT2D eigenvalue weighted by Gasteiger charge is -2.33. The highest BCUT2D eigenvalue weighted by Crippen LogP contribution is 2.36. The molecule has 1 amide bonds. The summed E-state index contributed by atoms with van der Waals surface area (Å²) in [6, 6.07) is 7.48. The Kier molecular flexibility index (Phi) is 5.64. The summed E-state index contributed by atoms with van der Waals surface area (Å²) in [6.45, 7) is 8.27. The molecule has 1 N–H and O–H groups in total. The number of aryl methyl sites for hydroxylation is 1. The van der Waals surface area contributed by atoms with E-state index in [-0.39, 0.29) is 5.91 Å². The molecular formula is C21H25N5O2S. The maximum absolute atomic E-state index is 13.1. The first-order valence-corrected chi connectivity index (χ1v) is 10.6. The van der Waals surface area contributed by atoms with Crippen molar-refractivity contribution >= 4 is 39.0 Å². The predicted octanol–water partition coefficient (Wildman–Crippen LogP) is 3.40. The van der Waals surface area contributed by atoms with Crippen LogP contribution in [0.15, 0.2) is 30.6 Å². The molecule has 3 aromatic rings. The summed E-state index contributed by atoms with van der Waals surface area (Å²) in [5, 5.41) is 3.97. The molecule has 0 saturated carbocycles. The fourth-order valence-electron chi connectivity index (χ4n) is 3.56. The molecule has 0 aliphatic carbocycles. The number of carbonyl (C=O) groups excluding carboxylic acids is 1. The van der Waals surface area contributed by atoms with Gasteiger partial charge in [-0.1, -0.05) is 12.1 Å². The summed E-state index contributed by atoms with van der Waals surface area (Å²) in [7, 11) is 2.13. The van der Waals surface area contributed by atoms with Crippen molar-refractivity contribution in [1.82, 2.24) is 14.9 Å². The Balaban J connectivity index is 1.66. The van der Waals surface area contributed by atoms with Crippen LogP contribution in [0.1, 0.15) is 22.2 Å². The van der Waals surface area contributed by atoms with E-state index in [0.29, 0.717) is 22.9 Å². The molecule has 0 radical (unpaired) electrons. The SMILES string of the molecule is CCOc1ccccc1NC(=O)c1sc2ncnc(N3CCN(C)CC3)c2c1C. The van der Waals surface area contributed by atoms with E-state index in [0.717, 1.165) is 47.8 Å². The fraction of sp³-hybridized carbons (Fsp3) is 0.381. The van der Waals surface area contributed by atoms with Crippen molar-refractivity contribution in [3.8, 4) is 5.75 Å². The van der Waals surface area contributed by atoms with E-state index in [1.165, 1.54) is 11.3 Å². The Hall–Kier alpha value is -2.71. The molecule has 1 aliphatic heterocycles. The molecule has 1 aromatic carbocycles. The minimum atomic E-state index is -0.151. The van der Waals surface area contributed by atoms with Gasteiger partial charge in [-0.25, -0.2) is 9.97 Å². The largest absolute Gasteiger partial charge is 0.492 e. The number of hydrogen-bond donors (Lipinski definition) is 1. The van der Waals surface area contributed by atoms with Gasteiger partial charge >= 0.3 is 0 Å². The summed E-state index contributed by atoms with van der Waals surface area (Å²) in [4.78, 5) is 28.2. The number of rotatable bonds is 5. The van der Waals surface area contributed by atoms with E-state index in [2.05, 4.69) is 32.1 Å². The minimum absolute atomic E-state index is 0.151. The normalized spacial score (nSPS) is 14.9. The highest BCUT2D eigenvalue weighted by molar-refractivity contribution is 7.20. The smallest absolute Gasteiger partial charge is 0.266 e. The summed E-state index contributed by atoms with van der Waals surface area (Å²) in [5.74, 6) is 1.44. The van der Waals surface area contributed by atoms with E-state index in [9.17, 15) is 4.79 Å². The van der Waals surface area contributed by atoms with Crippen molar-refractivity contribution in [2.45, 2.75) is 13.8 Å². The van der Waals surface area contributed by atoms with Gasteiger partial charge in [-0.3, -0.25) is 4.79 Å². The molecule has 2 aromatic heterocycles. The van der Waals surface area contributed by atoms with Crippen molar-refractivity contribution in [2.75, 3.05) is 50.1 Å². The first kappa shape index (κ1) is 19.6. The summed E-state index contributed by atoms with van der Waals surface area (Å²) < 4.78 is 5.63. The monoisotopic (exact) mass is 411 g/mol. The van der Waals surface area contributed by atoms with Crippen LogP contribution in [-0.4, -0.2) is 60.6 Å². The first-order chi connectivity index (χ1) is 14.1. The van der Waals surface area contributed by atoms with Gasteiger partial charge in [0, 0.05) is 26.2 Å². The Bertz CT molecular complexity index is 1030. The third kappa shape index (κ3) is 3.90. The number of para-hydroxylation sites is 2. The molecule has 3 heterocycles. The summed E-state index contributed by atoms with van der Waals surface area (Å²) in [6.07, 6.45) is 1.60. The van der Waals surface area contributed by atoms with Crippen LogP contribution in [0.5, 0.6) is 5.75 Å². The standard InChI is InChI=1S/C21H25N5O2S/c1-4-28-16-8-6-5-7-15(16)24-20(27)18-14(2)17-19(22-13-23-21(17)29-18)26-11-9-25(3)10-12-26/h5-8,13H,4,9-12H2,1-3H3,(H,24,27). The zero-order valence-corrected chi connectivity index (χ0v) is 17.8. The van der Waals surface area contributed by atoms with Gasteiger partial charge in [0.05, 0.1) is 22.6 Å². The number of nitrogens with one attached hydrogen (secondary N) is 1. The van der Waals surface area contributed by atoms with Crippen molar-refractivity contribution < 1.29 is 9.53 Å². The maximum Gasteiger partial charge on any atom is 0.266 e. The fourth-order valence-corrected chi connectivity index (χ4v) is 4.60. The quantitative estimate of drug-likeness (QED) is 0.694. The van der Waals surface area contributed by atoms with E-state index in [1.54, 1.807) is 6.33 Å². The molecule has 0 bridgehead atoms. The number of fused-ring (bicyclic) bond motifs is 1.